The molecule has 0 unspecified atom stereocenters. The Morgan fingerprint density at radius 3 is 2.35 bits per heavy atom. The normalized spacial score (nSPS) is 11.2. The number of hydrogen-bond donors (Lipinski definition) is 2. The number of nitrogens with one attached hydrogen (secondary N) is 2. The van der Waals surface area contributed by atoms with E-state index in [-0.39, 0.29) is 33.0 Å². The smallest absolute Gasteiger partial charge is 0.291 e. The molecule has 0 radical (unpaired) electrons. The topological polar surface area (TPSA) is 149 Å². The predicted molar refractivity (Wildman–Crippen MR) is 126 cm³/mol. The second-order valence-electron chi connectivity index (χ2n) is 7.31. The van der Waals surface area contributed by atoms with Crippen molar-refractivity contribution in [2.45, 2.75) is 11.8 Å². The van der Waals surface area contributed by atoms with Gasteiger partial charge in [0.15, 0.2) is 11.2 Å². The number of amides is 1. The van der Waals surface area contributed by atoms with Gasteiger partial charge in [-0.2, -0.15) is 0 Å². The summed E-state index contributed by atoms with van der Waals surface area (Å²) < 4.78 is 33.1. The van der Waals surface area contributed by atoms with Gasteiger partial charge in [-0.25, -0.2) is 8.42 Å². The number of para-hydroxylation sites is 1. The molecule has 10 nitrogen and oxygen atoms in total. The van der Waals surface area contributed by atoms with E-state index >= 15 is 0 Å². The van der Waals surface area contributed by atoms with Gasteiger partial charge in [0.2, 0.25) is 0 Å². The molecule has 4 aromatic rings. The number of carbonyl (C=O) groups excluding carboxylic acids is 1. The number of benzene rings is 3. The SMILES string of the molecule is Cc1ccc(S(=O)(=O)Nc2ccc(NC(=O)c3cc(=O)c4ccccc4o3)cc2)cc1[N+](=O)[O-]. The first-order valence-electron chi connectivity index (χ1n) is 9.86. The number of hydrogen-bond acceptors (Lipinski definition) is 7. The van der Waals surface area contributed by atoms with Crippen LogP contribution in [0.5, 0.6) is 0 Å². The maximum absolute atomic E-state index is 12.6. The van der Waals surface area contributed by atoms with Crippen molar-refractivity contribution in [3.63, 3.8) is 0 Å². The maximum atomic E-state index is 12.6. The summed E-state index contributed by atoms with van der Waals surface area (Å²) in [6.07, 6.45) is 0. The molecular weight excluding hydrogens is 462 g/mol. The molecule has 0 spiro atoms. The van der Waals surface area contributed by atoms with Crippen LogP contribution in [0.2, 0.25) is 0 Å². The van der Waals surface area contributed by atoms with Crippen molar-refractivity contribution in [3.8, 4) is 0 Å². The Bertz CT molecular complexity index is 1590. The quantitative estimate of drug-likeness (QED) is 0.313. The van der Waals surface area contributed by atoms with E-state index in [1.807, 2.05) is 0 Å². The number of carbonyl (C=O) groups is 1. The molecule has 0 bridgehead atoms. The summed E-state index contributed by atoms with van der Waals surface area (Å²) in [7, 11) is -4.08. The number of aryl methyl sites for hydroxylation is 1. The lowest BCUT2D eigenvalue weighted by atomic mass is 10.2. The van der Waals surface area contributed by atoms with E-state index in [9.17, 15) is 28.1 Å². The number of fused-ring (bicyclic) bond motifs is 1. The number of sulfonamides is 1. The number of nitro groups is 1. The fourth-order valence-corrected chi connectivity index (χ4v) is 4.28. The molecule has 0 aliphatic heterocycles. The van der Waals surface area contributed by atoms with Gasteiger partial charge in [-0.1, -0.05) is 18.2 Å². The van der Waals surface area contributed by atoms with E-state index < -0.39 is 20.9 Å². The zero-order valence-corrected chi connectivity index (χ0v) is 18.5. The van der Waals surface area contributed by atoms with Crippen LogP contribution < -0.4 is 15.5 Å². The highest BCUT2D eigenvalue weighted by Gasteiger charge is 2.20. The highest BCUT2D eigenvalue weighted by molar-refractivity contribution is 7.92. The van der Waals surface area contributed by atoms with E-state index in [0.29, 0.717) is 16.6 Å². The van der Waals surface area contributed by atoms with Gasteiger partial charge in [0.25, 0.3) is 21.6 Å². The minimum absolute atomic E-state index is 0.172. The first kappa shape index (κ1) is 22.7. The van der Waals surface area contributed by atoms with Crippen molar-refractivity contribution in [2.24, 2.45) is 0 Å². The molecule has 0 atom stereocenters. The van der Waals surface area contributed by atoms with Gasteiger partial charge in [0, 0.05) is 29.1 Å². The molecule has 0 aliphatic carbocycles. The Kier molecular flexibility index (Phi) is 5.86. The average molecular weight is 479 g/mol. The minimum Gasteiger partial charge on any atom is -0.451 e. The van der Waals surface area contributed by atoms with Crippen LogP contribution in [-0.4, -0.2) is 19.2 Å². The van der Waals surface area contributed by atoms with E-state index in [1.165, 1.54) is 43.3 Å². The van der Waals surface area contributed by atoms with Gasteiger partial charge in [-0.05, 0) is 49.4 Å². The number of nitrogens with zero attached hydrogens (tertiary/aromatic N) is 1. The average Bonchev–Trinajstić information content (AvgIpc) is 2.80. The molecule has 3 aromatic carbocycles. The molecule has 172 valence electrons. The second kappa shape index (κ2) is 8.79. The molecule has 0 fully saturated rings. The van der Waals surface area contributed by atoms with E-state index in [4.69, 9.17) is 4.42 Å². The second-order valence-corrected chi connectivity index (χ2v) is 9.00. The molecule has 2 N–H and O–H groups in total. The van der Waals surface area contributed by atoms with Crippen LogP contribution >= 0.6 is 0 Å². The van der Waals surface area contributed by atoms with Crippen molar-refractivity contribution in [2.75, 3.05) is 10.0 Å². The highest BCUT2D eigenvalue weighted by Crippen LogP contribution is 2.24. The van der Waals surface area contributed by atoms with Gasteiger partial charge in [-0.3, -0.25) is 24.4 Å². The number of rotatable bonds is 6. The molecule has 34 heavy (non-hydrogen) atoms. The third-order valence-electron chi connectivity index (χ3n) is 4.94. The largest absolute Gasteiger partial charge is 0.451 e. The summed E-state index contributed by atoms with van der Waals surface area (Å²) in [5.41, 5.74) is 0.468. The fraction of sp³-hybridized carbons (Fsp3) is 0.0435. The molecule has 1 heterocycles. The van der Waals surface area contributed by atoms with Crippen molar-refractivity contribution >= 4 is 44.0 Å². The fourth-order valence-electron chi connectivity index (χ4n) is 3.20. The van der Waals surface area contributed by atoms with E-state index in [1.54, 1.807) is 24.3 Å². The molecular formula is C23H17N3O7S. The summed E-state index contributed by atoms with van der Waals surface area (Å²) in [4.78, 5) is 34.9. The molecule has 11 heteroatoms. The monoisotopic (exact) mass is 479 g/mol. The minimum atomic E-state index is -4.08. The molecule has 1 amide bonds. The van der Waals surface area contributed by atoms with Crippen LogP contribution in [-0.2, 0) is 10.0 Å². The zero-order valence-electron chi connectivity index (χ0n) is 17.6. The predicted octanol–water partition coefficient (Wildman–Crippen LogP) is 4.06. The maximum Gasteiger partial charge on any atom is 0.291 e. The highest BCUT2D eigenvalue weighted by atomic mass is 32.2. The Morgan fingerprint density at radius 2 is 1.65 bits per heavy atom. The Hall–Kier alpha value is -4.51. The van der Waals surface area contributed by atoms with E-state index in [2.05, 4.69) is 10.0 Å². The molecule has 0 saturated heterocycles. The Labute approximate surface area is 193 Å². The Morgan fingerprint density at radius 1 is 0.971 bits per heavy atom. The standard InChI is InChI=1S/C23H17N3O7S/c1-14-6-11-17(12-19(14)26(29)30)34(31,32)25-16-9-7-15(8-10-16)24-23(28)22-13-20(27)18-4-2-3-5-21(18)33-22/h2-13,25H,1H3,(H,24,28). The lowest BCUT2D eigenvalue weighted by Gasteiger charge is -2.10. The Balaban J connectivity index is 1.50. The lowest BCUT2D eigenvalue weighted by Crippen LogP contribution is -2.15. The molecule has 1 aromatic heterocycles. The van der Waals surface area contributed by atoms with Crippen molar-refractivity contribution in [3.05, 3.63) is 104 Å². The molecule has 0 saturated carbocycles. The van der Waals surface area contributed by atoms with E-state index in [0.717, 1.165) is 12.1 Å². The first-order valence-corrected chi connectivity index (χ1v) is 11.3. The summed E-state index contributed by atoms with van der Waals surface area (Å²) in [6.45, 7) is 1.51. The third-order valence-corrected chi connectivity index (χ3v) is 6.32. The van der Waals surface area contributed by atoms with Gasteiger partial charge in [0.1, 0.15) is 5.58 Å². The van der Waals surface area contributed by atoms with Crippen LogP contribution in [0.15, 0.2) is 86.9 Å². The third kappa shape index (κ3) is 4.64. The summed E-state index contributed by atoms with van der Waals surface area (Å²) in [5.74, 6) is -0.822. The molecule has 0 aliphatic rings. The van der Waals surface area contributed by atoms with Crippen LogP contribution in [0, 0.1) is 17.0 Å². The zero-order chi connectivity index (χ0) is 24.5. The summed E-state index contributed by atoms with van der Waals surface area (Å²) in [6, 6.07) is 17.0. The van der Waals surface area contributed by atoms with Gasteiger partial charge in [-0.15, -0.1) is 0 Å². The number of nitro benzene ring substituents is 1. The van der Waals surface area contributed by atoms with Gasteiger partial charge < -0.3 is 9.73 Å². The summed E-state index contributed by atoms with van der Waals surface area (Å²) >= 11 is 0. The van der Waals surface area contributed by atoms with Crippen molar-refractivity contribution in [1.82, 2.24) is 0 Å². The van der Waals surface area contributed by atoms with Crippen LogP contribution in [0.1, 0.15) is 16.1 Å². The van der Waals surface area contributed by atoms with Crippen molar-refractivity contribution < 1.29 is 22.6 Å². The van der Waals surface area contributed by atoms with Crippen LogP contribution in [0.25, 0.3) is 11.0 Å². The lowest BCUT2D eigenvalue weighted by molar-refractivity contribution is -0.385. The van der Waals surface area contributed by atoms with Gasteiger partial charge >= 0.3 is 0 Å². The molecule has 4 rings (SSSR count). The van der Waals surface area contributed by atoms with Crippen molar-refractivity contribution in [1.29, 1.82) is 0 Å². The first-order chi connectivity index (χ1) is 16.1. The summed E-state index contributed by atoms with van der Waals surface area (Å²) in [5, 5.41) is 14.0. The van der Waals surface area contributed by atoms with Crippen LogP contribution in [0.3, 0.4) is 0 Å². The van der Waals surface area contributed by atoms with Crippen LogP contribution in [0.4, 0.5) is 17.1 Å². The van der Waals surface area contributed by atoms with Gasteiger partial charge in [0.05, 0.1) is 15.2 Å². The number of anilines is 2.